The van der Waals surface area contributed by atoms with Crippen molar-refractivity contribution in [1.82, 2.24) is 9.97 Å². The number of unbranched alkanes of at least 4 members (excludes halogenated alkanes) is 2. The lowest BCUT2D eigenvalue weighted by Gasteiger charge is -2.27. The summed E-state index contributed by atoms with van der Waals surface area (Å²) in [7, 11) is 0. The van der Waals surface area contributed by atoms with Crippen molar-refractivity contribution >= 4 is 5.97 Å². The summed E-state index contributed by atoms with van der Waals surface area (Å²) in [6.07, 6.45) is 14.4. The number of fused-ring (bicyclic) bond motifs is 1. The van der Waals surface area contributed by atoms with Gasteiger partial charge in [0.15, 0.2) is 5.82 Å². The second-order valence-corrected chi connectivity index (χ2v) is 9.03. The molecule has 0 saturated carbocycles. The van der Waals surface area contributed by atoms with Crippen LogP contribution in [-0.2, 0) is 17.6 Å². The Morgan fingerprint density at radius 2 is 1.90 bits per heavy atom. The maximum absolute atomic E-state index is 11.8. The number of ether oxygens (including phenoxy) is 1. The first kappa shape index (κ1) is 23.4. The summed E-state index contributed by atoms with van der Waals surface area (Å²) < 4.78 is 5.40. The third kappa shape index (κ3) is 6.88. The van der Waals surface area contributed by atoms with Crippen molar-refractivity contribution in [3.63, 3.8) is 0 Å². The SMILES string of the molecule is CCCCC(=O)Oc1ccc(-c2ncc3c(n2)CCC(CC(CC)CCCC)C3)cc1. The van der Waals surface area contributed by atoms with Crippen molar-refractivity contribution in [2.75, 3.05) is 0 Å². The van der Waals surface area contributed by atoms with Gasteiger partial charge < -0.3 is 4.74 Å². The zero-order chi connectivity index (χ0) is 22.1. The maximum Gasteiger partial charge on any atom is 0.311 e. The van der Waals surface area contributed by atoms with E-state index in [1.54, 1.807) is 0 Å². The van der Waals surface area contributed by atoms with Gasteiger partial charge in [0, 0.05) is 23.9 Å². The van der Waals surface area contributed by atoms with Crippen molar-refractivity contribution in [3.05, 3.63) is 41.7 Å². The van der Waals surface area contributed by atoms with E-state index >= 15 is 0 Å². The van der Waals surface area contributed by atoms with E-state index in [2.05, 4.69) is 25.8 Å². The number of esters is 1. The fraction of sp³-hybridized carbons (Fsp3) is 0.593. The summed E-state index contributed by atoms with van der Waals surface area (Å²) >= 11 is 0. The first-order chi connectivity index (χ1) is 15.1. The molecule has 4 nitrogen and oxygen atoms in total. The molecular formula is C27H38N2O2. The van der Waals surface area contributed by atoms with Crippen LogP contribution in [0.15, 0.2) is 30.5 Å². The Morgan fingerprint density at radius 1 is 1.13 bits per heavy atom. The van der Waals surface area contributed by atoms with Gasteiger partial charge in [-0.15, -0.1) is 0 Å². The predicted molar refractivity (Wildman–Crippen MR) is 126 cm³/mol. The van der Waals surface area contributed by atoms with E-state index in [4.69, 9.17) is 9.72 Å². The highest BCUT2D eigenvalue weighted by molar-refractivity contribution is 5.72. The van der Waals surface area contributed by atoms with Gasteiger partial charge in [0.25, 0.3) is 0 Å². The normalized spacial score (nSPS) is 16.5. The molecule has 1 aliphatic carbocycles. The summed E-state index contributed by atoms with van der Waals surface area (Å²) in [5.41, 5.74) is 3.49. The lowest BCUT2D eigenvalue weighted by Crippen LogP contribution is -2.19. The minimum atomic E-state index is -0.172. The zero-order valence-electron chi connectivity index (χ0n) is 19.5. The predicted octanol–water partition coefficient (Wildman–Crippen LogP) is 6.95. The number of rotatable bonds is 11. The van der Waals surface area contributed by atoms with Gasteiger partial charge in [-0.25, -0.2) is 9.97 Å². The van der Waals surface area contributed by atoms with Gasteiger partial charge in [-0.3, -0.25) is 4.79 Å². The average molecular weight is 423 g/mol. The Labute approximate surface area is 187 Å². The van der Waals surface area contributed by atoms with Crippen LogP contribution in [0, 0.1) is 11.8 Å². The van der Waals surface area contributed by atoms with Gasteiger partial charge in [-0.2, -0.15) is 0 Å². The van der Waals surface area contributed by atoms with E-state index in [-0.39, 0.29) is 5.97 Å². The van der Waals surface area contributed by atoms with Crippen LogP contribution < -0.4 is 4.74 Å². The number of nitrogens with zero attached hydrogens (tertiary/aromatic N) is 2. The molecule has 0 amide bonds. The van der Waals surface area contributed by atoms with Crippen LogP contribution in [0.5, 0.6) is 5.75 Å². The van der Waals surface area contributed by atoms with Gasteiger partial charge in [0.1, 0.15) is 5.75 Å². The molecular weight excluding hydrogens is 384 g/mol. The Hall–Kier alpha value is -2.23. The highest BCUT2D eigenvalue weighted by Gasteiger charge is 2.23. The summed E-state index contributed by atoms with van der Waals surface area (Å²) in [4.78, 5) is 21.3. The Balaban J connectivity index is 1.60. The fourth-order valence-corrected chi connectivity index (χ4v) is 4.55. The lowest BCUT2D eigenvalue weighted by atomic mass is 9.79. The smallest absolute Gasteiger partial charge is 0.311 e. The number of carbonyl (C=O) groups excluding carboxylic acids is 1. The molecule has 1 aromatic carbocycles. The van der Waals surface area contributed by atoms with Crippen LogP contribution in [0.2, 0.25) is 0 Å². The number of hydrogen-bond donors (Lipinski definition) is 0. The summed E-state index contributed by atoms with van der Waals surface area (Å²) in [5.74, 6) is 2.80. The van der Waals surface area contributed by atoms with Crippen molar-refractivity contribution in [1.29, 1.82) is 0 Å². The summed E-state index contributed by atoms with van der Waals surface area (Å²) in [6, 6.07) is 7.54. The summed E-state index contributed by atoms with van der Waals surface area (Å²) in [5, 5.41) is 0. The molecule has 0 N–H and O–H groups in total. The van der Waals surface area contributed by atoms with Crippen LogP contribution in [0.4, 0.5) is 0 Å². The highest BCUT2D eigenvalue weighted by Crippen LogP contribution is 2.32. The van der Waals surface area contributed by atoms with Gasteiger partial charge in [-0.1, -0.05) is 52.9 Å². The van der Waals surface area contributed by atoms with Crippen LogP contribution in [0.25, 0.3) is 11.4 Å². The van der Waals surface area contributed by atoms with E-state index in [9.17, 15) is 4.79 Å². The molecule has 0 aliphatic heterocycles. The van der Waals surface area contributed by atoms with Crippen LogP contribution in [0.1, 0.15) is 89.8 Å². The molecule has 3 rings (SSSR count). The van der Waals surface area contributed by atoms with E-state index in [0.717, 1.165) is 48.9 Å². The molecule has 0 radical (unpaired) electrons. The molecule has 168 valence electrons. The fourth-order valence-electron chi connectivity index (χ4n) is 4.55. The number of aromatic nitrogens is 2. The molecule has 2 unspecified atom stereocenters. The standard InChI is InChI=1S/C27H38N2O2/c1-4-7-9-20(6-3)17-21-11-16-25-23(18-21)19-28-27(29-25)22-12-14-24(15-13-22)31-26(30)10-8-5-2/h12-15,19-21H,4-11,16-18H2,1-3H3. The van der Waals surface area contributed by atoms with E-state index in [0.29, 0.717) is 12.2 Å². The minimum absolute atomic E-state index is 0.172. The molecule has 31 heavy (non-hydrogen) atoms. The topological polar surface area (TPSA) is 52.1 Å². The average Bonchev–Trinajstić information content (AvgIpc) is 2.80. The second kappa shape index (κ2) is 12.0. The molecule has 0 saturated heterocycles. The third-order valence-corrected chi connectivity index (χ3v) is 6.54. The van der Waals surface area contributed by atoms with Crippen LogP contribution >= 0.6 is 0 Å². The zero-order valence-corrected chi connectivity index (χ0v) is 19.5. The quantitative estimate of drug-likeness (QED) is 0.290. The number of hydrogen-bond acceptors (Lipinski definition) is 4. The Morgan fingerprint density at radius 3 is 2.61 bits per heavy atom. The molecule has 4 heteroatoms. The third-order valence-electron chi connectivity index (χ3n) is 6.54. The van der Waals surface area contributed by atoms with Crippen molar-refractivity contribution < 1.29 is 9.53 Å². The molecule has 0 spiro atoms. The Bertz CT molecular complexity index is 832. The minimum Gasteiger partial charge on any atom is -0.427 e. The van der Waals surface area contributed by atoms with E-state index < -0.39 is 0 Å². The molecule has 0 fully saturated rings. The second-order valence-electron chi connectivity index (χ2n) is 9.03. The van der Waals surface area contributed by atoms with Gasteiger partial charge in [0.05, 0.1) is 0 Å². The number of carbonyl (C=O) groups is 1. The first-order valence-corrected chi connectivity index (χ1v) is 12.3. The summed E-state index contributed by atoms with van der Waals surface area (Å²) in [6.45, 7) is 6.69. The molecule has 2 aromatic rings. The molecule has 0 bridgehead atoms. The number of benzene rings is 1. The van der Waals surface area contributed by atoms with Gasteiger partial charge in [0.2, 0.25) is 0 Å². The monoisotopic (exact) mass is 422 g/mol. The van der Waals surface area contributed by atoms with Crippen molar-refractivity contribution in [2.45, 2.75) is 91.4 Å². The largest absolute Gasteiger partial charge is 0.427 e. The van der Waals surface area contributed by atoms with Crippen molar-refractivity contribution in [3.8, 4) is 17.1 Å². The van der Waals surface area contributed by atoms with Crippen molar-refractivity contribution in [2.24, 2.45) is 11.8 Å². The maximum atomic E-state index is 11.8. The molecule has 1 aliphatic rings. The van der Waals surface area contributed by atoms with E-state index in [1.807, 2.05) is 30.5 Å². The lowest BCUT2D eigenvalue weighted by molar-refractivity contribution is -0.134. The molecule has 1 heterocycles. The van der Waals surface area contributed by atoms with Gasteiger partial charge in [-0.05, 0) is 73.8 Å². The van der Waals surface area contributed by atoms with Gasteiger partial charge >= 0.3 is 5.97 Å². The van der Waals surface area contributed by atoms with E-state index in [1.165, 1.54) is 49.8 Å². The number of aryl methyl sites for hydroxylation is 1. The molecule has 2 atom stereocenters. The molecule has 1 aromatic heterocycles. The highest BCUT2D eigenvalue weighted by atomic mass is 16.5. The first-order valence-electron chi connectivity index (χ1n) is 12.3. The Kier molecular flexibility index (Phi) is 9.05. The van der Waals surface area contributed by atoms with Crippen LogP contribution in [-0.4, -0.2) is 15.9 Å². The van der Waals surface area contributed by atoms with Crippen LogP contribution in [0.3, 0.4) is 0 Å².